The average molecular weight is 320 g/mol. The van der Waals surface area contributed by atoms with E-state index in [1.54, 1.807) is 24.3 Å². The number of carbonyl (C=O) groups is 1. The van der Waals surface area contributed by atoms with Crippen LogP contribution in [-0.4, -0.2) is 20.4 Å². The number of rotatable bonds is 6. The minimum atomic E-state index is -3.70. The fourth-order valence-electron chi connectivity index (χ4n) is 1.96. The second-order valence-corrected chi connectivity index (χ2v) is 6.95. The van der Waals surface area contributed by atoms with E-state index in [9.17, 15) is 13.2 Å². The fraction of sp³-hybridized carbons (Fsp3) is 0.267. The van der Waals surface area contributed by atoms with Crippen molar-refractivity contribution in [2.45, 2.75) is 30.3 Å². The summed E-state index contributed by atoms with van der Waals surface area (Å²) in [5.41, 5.74) is 0.341. The number of nitrogens with one attached hydrogen (secondary N) is 2. The molecule has 1 saturated carbocycles. The Morgan fingerprint density at radius 2 is 2.05 bits per heavy atom. The molecule has 0 saturated heterocycles. The lowest BCUT2D eigenvalue weighted by Gasteiger charge is -2.08. The molecule has 2 aromatic rings. The quantitative estimate of drug-likeness (QED) is 0.847. The molecule has 1 aliphatic carbocycles. The van der Waals surface area contributed by atoms with Gasteiger partial charge >= 0.3 is 0 Å². The third-order valence-corrected chi connectivity index (χ3v) is 4.73. The molecule has 116 valence electrons. The Hall–Kier alpha value is -2.12. The topological polar surface area (TPSA) is 88.4 Å². The van der Waals surface area contributed by atoms with Gasteiger partial charge in [-0.1, -0.05) is 6.07 Å². The second kappa shape index (κ2) is 5.94. The second-order valence-electron chi connectivity index (χ2n) is 5.18. The van der Waals surface area contributed by atoms with Crippen LogP contribution < -0.4 is 10.0 Å². The van der Waals surface area contributed by atoms with Gasteiger partial charge in [-0.3, -0.25) is 4.79 Å². The Kier molecular flexibility index (Phi) is 4.00. The summed E-state index contributed by atoms with van der Waals surface area (Å²) in [4.78, 5) is 12.0. The maximum Gasteiger partial charge on any atom is 0.251 e. The molecule has 0 radical (unpaired) electrons. The van der Waals surface area contributed by atoms with Crippen molar-refractivity contribution in [1.82, 2.24) is 10.0 Å². The van der Waals surface area contributed by atoms with E-state index in [1.165, 1.54) is 18.4 Å². The van der Waals surface area contributed by atoms with Crippen LogP contribution in [0.3, 0.4) is 0 Å². The highest BCUT2D eigenvalue weighted by atomic mass is 32.2. The molecule has 1 heterocycles. The van der Waals surface area contributed by atoms with Crippen molar-refractivity contribution in [2.75, 3.05) is 0 Å². The van der Waals surface area contributed by atoms with Crippen LogP contribution in [0.2, 0.25) is 0 Å². The van der Waals surface area contributed by atoms with Crippen molar-refractivity contribution >= 4 is 15.9 Å². The van der Waals surface area contributed by atoms with E-state index in [-0.39, 0.29) is 23.4 Å². The minimum absolute atomic E-state index is 0.0579. The highest BCUT2D eigenvalue weighted by Crippen LogP contribution is 2.20. The van der Waals surface area contributed by atoms with E-state index < -0.39 is 10.0 Å². The average Bonchev–Trinajstić information content (AvgIpc) is 3.16. The molecule has 22 heavy (non-hydrogen) atoms. The SMILES string of the molecule is O=C(NC1CC1)c1cccc(S(=O)(=O)NCc2ccco2)c1. The zero-order valence-corrected chi connectivity index (χ0v) is 12.6. The van der Waals surface area contributed by atoms with E-state index in [4.69, 9.17) is 4.42 Å². The maximum atomic E-state index is 12.3. The van der Waals surface area contributed by atoms with E-state index in [1.807, 2.05) is 0 Å². The first-order valence-corrected chi connectivity index (χ1v) is 8.46. The molecule has 0 aliphatic heterocycles. The molecule has 0 spiro atoms. The highest BCUT2D eigenvalue weighted by Gasteiger charge is 2.24. The molecular formula is C15H16N2O4S. The van der Waals surface area contributed by atoms with Crippen LogP contribution in [0.1, 0.15) is 29.0 Å². The van der Waals surface area contributed by atoms with Crippen LogP contribution in [0.4, 0.5) is 0 Å². The van der Waals surface area contributed by atoms with Crippen LogP contribution in [0.25, 0.3) is 0 Å². The standard InChI is InChI=1S/C15H16N2O4S/c18-15(17-12-6-7-12)11-3-1-5-14(9-11)22(19,20)16-10-13-4-2-8-21-13/h1-5,8-9,12,16H,6-7,10H2,(H,17,18). The van der Waals surface area contributed by atoms with Crippen LogP contribution >= 0.6 is 0 Å². The summed E-state index contributed by atoms with van der Waals surface area (Å²) in [5, 5.41) is 2.83. The van der Waals surface area contributed by atoms with Crippen molar-refractivity contribution in [3.8, 4) is 0 Å². The number of sulfonamides is 1. The molecule has 2 N–H and O–H groups in total. The first-order chi connectivity index (χ1) is 10.5. The third-order valence-electron chi connectivity index (χ3n) is 3.34. The first kappa shape index (κ1) is 14.8. The number of benzene rings is 1. The van der Waals surface area contributed by atoms with E-state index in [0.717, 1.165) is 12.8 Å². The summed E-state index contributed by atoms with van der Waals surface area (Å²) < 4.78 is 32.0. The van der Waals surface area contributed by atoms with Crippen molar-refractivity contribution in [3.05, 3.63) is 54.0 Å². The van der Waals surface area contributed by atoms with Crippen LogP contribution in [0, 0.1) is 0 Å². The monoisotopic (exact) mass is 320 g/mol. The minimum Gasteiger partial charge on any atom is -0.468 e. The van der Waals surface area contributed by atoms with E-state index in [2.05, 4.69) is 10.0 Å². The van der Waals surface area contributed by atoms with Crippen molar-refractivity contribution in [2.24, 2.45) is 0 Å². The van der Waals surface area contributed by atoms with E-state index >= 15 is 0 Å². The van der Waals surface area contributed by atoms with Crippen LogP contribution in [-0.2, 0) is 16.6 Å². The molecule has 0 bridgehead atoms. The summed E-state index contributed by atoms with van der Waals surface area (Å²) >= 11 is 0. The lowest BCUT2D eigenvalue weighted by atomic mass is 10.2. The number of amides is 1. The lowest BCUT2D eigenvalue weighted by molar-refractivity contribution is 0.0951. The third kappa shape index (κ3) is 3.55. The molecule has 0 unspecified atom stereocenters. The molecule has 1 amide bonds. The predicted octanol–water partition coefficient (Wildman–Crippen LogP) is 1.65. The normalized spacial score (nSPS) is 14.7. The van der Waals surface area contributed by atoms with Crippen molar-refractivity contribution in [1.29, 1.82) is 0 Å². The zero-order valence-electron chi connectivity index (χ0n) is 11.8. The Balaban J connectivity index is 1.73. The molecule has 7 heteroatoms. The summed E-state index contributed by atoms with van der Waals surface area (Å²) in [5.74, 6) is 0.275. The summed E-state index contributed by atoms with van der Waals surface area (Å²) in [6.45, 7) is 0.0633. The maximum absolute atomic E-state index is 12.3. The van der Waals surface area contributed by atoms with Gasteiger partial charge in [-0.05, 0) is 43.2 Å². The Labute approximate surface area is 128 Å². The molecule has 6 nitrogen and oxygen atoms in total. The Morgan fingerprint density at radius 3 is 2.73 bits per heavy atom. The summed E-state index contributed by atoms with van der Waals surface area (Å²) in [6, 6.07) is 9.59. The lowest BCUT2D eigenvalue weighted by Crippen LogP contribution is -2.26. The number of hydrogen-bond donors (Lipinski definition) is 2. The Morgan fingerprint density at radius 1 is 1.23 bits per heavy atom. The van der Waals surface area contributed by atoms with E-state index in [0.29, 0.717) is 11.3 Å². The first-order valence-electron chi connectivity index (χ1n) is 6.97. The van der Waals surface area contributed by atoms with Gasteiger partial charge in [0.15, 0.2) is 0 Å². The largest absolute Gasteiger partial charge is 0.468 e. The van der Waals surface area contributed by atoms with Gasteiger partial charge in [-0.15, -0.1) is 0 Å². The van der Waals surface area contributed by atoms with Crippen molar-refractivity contribution in [3.63, 3.8) is 0 Å². The number of furan rings is 1. The fourth-order valence-corrected chi connectivity index (χ4v) is 3.00. The molecule has 1 fully saturated rings. The van der Waals surface area contributed by atoms with Gasteiger partial charge in [-0.2, -0.15) is 0 Å². The molecule has 1 aromatic heterocycles. The molecule has 3 rings (SSSR count). The van der Waals surface area contributed by atoms with Gasteiger partial charge in [-0.25, -0.2) is 13.1 Å². The van der Waals surface area contributed by atoms with Gasteiger partial charge in [0, 0.05) is 11.6 Å². The Bertz CT molecular complexity index is 765. The molecule has 1 aliphatic rings. The smallest absolute Gasteiger partial charge is 0.251 e. The predicted molar refractivity (Wildman–Crippen MR) is 79.7 cm³/mol. The molecule has 0 atom stereocenters. The van der Waals surface area contributed by atoms with Gasteiger partial charge in [0.2, 0.25) is 10.0 Å². The summed E-state index contributed by atoms with van der Waals surface area (Å²) in [6.07, 6.45) is 3.44. The number of carbonyl (C=O) groups excluding carboxylic acids is 1. The molecular weight excluding hydrogens is 304 g/mol. The van der Waals surface area contributed by atoms with Crippen molar-refractivity contribution < 1.29 is 17.6 Å². The zero-order chi connectivity index (χ0) is 15.6. The molecule has 1 aromatic carbocycles. The highest BCUT2D eigenvalue weighted by molar-refractivity contribution is 7.89. The van der Waals surface area contributed by atoms with Gasteiger partial charge < -0.3 is 9.73 Å². The number of hydrogen-bond acceptors (Lipinski definition) is 4. The van der Waals surface area contributed by atoms with Crippen LogP contribution in [0.15, 0.2) is 52.0 Å². The van der Waals surface area contributed by atoms with Gasteiger partial charge in [0.05, 0.1) is 17.7 Å². The summed E-state index contributed by atoms with van der Waals surface area (Å²) in [7, 11) is -3.70. The van der Waals surface area contributed by atoms with Crippen LogP contribution in [0.5, 0.6) is 0 Å². The van der Waals surface area contributed by atoms with Gasteiger partial charge in [0.25, 0.3) is 5.91 Å². The van der Waals surface area contributed by atoms with Gasteiger partial charge in [0.1, 0.15) is 5.76 Å².